The molecular formula is C13H13ClN2O2. The number of benzene rings is 1. The van der Waals surface area contributed by atoms with Crippen LogP contribution in [0.4, 0.5) is 0 Å². The van der Waals surface area contributed by atoms with Crippen LogP contribution < -0.4 is 4.74 Å². The van der Waals surface area contributed by atoms with Gasteiger partial charge in [-0.3, -0.25) is 4.68 Å². The van der Waals surface area contributed by atoms with Crippen LogP contribution in [-0.2, 0) is 11.3 Å². The van der Waals surface area contributed by atoms with Gasteiger partial charge in [-0.25, -0.2) is 0 Å². The second kappa shape index (κ2) is 5.00. The fourth-order valence-corrected chi connectivity index (χ4v) is 1.87. The molecule has 1 aromatic heterocycles. The maximum Gasteiger partial charge on any atom is 0.251 e. The molecule has 0 radical (unpaired) electrons. The second-order valence-electron chi connectivity index (χ2n) is 4.23. The fourth-order valence-electron chi connectivity index (χ4n) is 1.66. The summed E-state index contributed by atoms with van der Waals surface area (Å²) in [6.45, 7) is 1.97. The molecule has 1 aromatic carbocycles. The molecule has 1 aliphatic rings. The molecule has 0 N–H and O–H groups in total. The summed E-state index contributed by atoms with van der Waals surface area (Å²) < 4.78 is 12.3. The van der Waals surface area contributed by atoms with Crippen LogP contribution in [-0.4, -0.2) is 29.1 Å². The van der Waals surface area contributed by atoms with E-state index in [2.05, 4.69) is 5.10 Å². The van der Waals surface area contributed by atoms with Crippen LogP contribution in [0.2, 0.25) is 5.02 Å². The Bertz CT molecular complexity index is 523. The third kappa shape index (κ3) is 2.83. The lowest BCUT2D eigenvalue weighted by Gasteiger charge is -2.01. The lowest BCUT2D eigenvalue weighted by atomic mass is 10.2. The van der Waals surface area contributed by atoms with Gasteiger partial charge in [0.2, 0.25) is 0 Å². The molecule has 0 bridgehead atoms. The molecule has 5 heteroatoms. The summed E-state index contributed by atoms with van der Waals surface area (Å²) >= 11 is 6.07. The van der Waals surface area contributed by atoms with E-state index in [4.69, 9.17) is 21.1 Å². The zero-order chi connectivity index (χ0) is 12.4. The SMILES string of the molecule is Clc1cn(Cc2ccccc2)nc1OCC1CO1. The number of aromatic nitrogens is 2. The summed E-state index contributed by atoms with van der Waals surface area (Å²) in [5.74, 6) is 0.475. The molecule has 2 aromatic rings. The van der Waals surface area contributed by atoms with E-state index in [9.17, 15) is 0 Å². The third-order valence-electron chi connectivity index (χ3n) is 2.68. The quantitative estimate of drug-likeness (QED) is 0.779. The van der Waals surface area contributed by atoms with Crippen LogP contribution in [0, 0.1) is 0 Å². The minimum atomic E-state index is 0.209. The minimum absolute atomic E-state index is 0.209. The lowest BCUT2D eigenvalue weighted by molar-refractivity contribution is 0.253. The highest BCUT2D eigenvalue weighted by molar-refractivity contribution is 6.31. The molecule has 1 saturated heterocycles. The summed E-state index contributed by atoms with van der Waals surface area (Å²) in [7, 11) is 0. The Balaban J connectivity index is 1.67. The van der Waals surface area contributed by atoms with Crippen molar-refractivity contribution in [3.63, 3.8) is 0 Å². The highest BCUT2D eigenvalue weighted by atomic mass is 35.5. The summed E-state index contributed by atoms with van der Waals surface area (Å²) in [4.78, 5) is 0. The molecule has 1 aliphatic heterocycles. The number of hydrogen-bond donors (Lipinski definition) is 0. The zero-order valence-corrected chi connectivity index (χ0v) is 10.5. The molecule has 0 amide bonds. The largest absolute Gasteiger partial charge is 0.473 e. The first-order valence-electron chi connectivity index (χ1n) is 5.82. The zero-order valence-electron chi connectivity index (χ0n) is 9.75. The van der Waals surface area contributed by atoms with Gasteiger partial charge in [-0.2, -0.15) is 0 Å². The van der Waals surface area contributed by atoms with Crippen molar-refractivity contribution in [2.45, 2.75) is 12.6 Å². The molecule has 0 aliphatic carbocycles. The molecular weight excluding hydrogens is 252 g/mol. The van der Waals surface area contributed by atoms with E-state index >= 15 is 0 Å². The maximum atomic E-state index is 6.07. The first-order valence-corrected chi connectivity index (χ1v) is 6.20. The molecule has 2 heterocycles. The van der Waals surface area contributed by atoms with Gasteiger partial charge in [0.15, 0.2) is 0 Å². The molecule has 1 atom stereocenters. The van der Waals surface area contributed by atoms with Crippen molar-refractivity contribution in [2.24, 2.45) is 0 Å². The van der Waals surface area contributed by atoms with Crippen molar-refractivity contribution in [3.05, 3.63) is 47.1 Å². The average Bonchev–Trinajstić information content (AvgIpc) is 3.14. The number of halogens is 1. The molecule has 94 valence electrons. The molecule has 1 unspecified atom stereocenters. The van der Waals surface area contributed by atoms with E-state index in [1.165, 1.54) is 5.56 Å². The van der Waals surface area contributed by atoms with E-state index in [1.807, 2.05) is 30.3 Å². The molecule has 18 heavy (non-hydrogen) atoms. The average molecular weight is 265 g/mol. The van der Waals surface area contributed by atoms with Crippen molar-refractivity contribution in [3.8, 4) is 5.88 Å². The number of epoxide rings is 1. The van der Waals surface area contributed by atoms with Gasteiger partial charge in [0.05, 0.1) is 13.2 Å². The Kier molecular flexibility index (Phi) is 3.21. The van der Waals surface area contributed by atoms with Gasteiger partial charge in [0.25, 0.3) is 5.88 Å². The summed E-state index contributed by atoms with van der Waals surface area (Å²) in [6, 6.07) is 10.1. The van der Waals surface area contributed by atoms with E-state index in [1.54, 1.807) is 10.9 Å². The maximum absolute atomic E-state index is 6.07. The summed E-state index contributed by atoms with van der Waals surface area (Å²) in [6.07, 6.45) is 1.98. The van der Waals surface area contributed by atoms with Gasteiger partial charge in [0, 0.05) is 6.20 Å². The van der Waals surface area contributed by atoms with Crippen molar-refractivity contribution in [2.75, 3.05) is 13.2 Å². The summed E-state index contributed by atoms with van der Waals surface area (Å²) in [5, 5.41) is 4.85. The van der Waals surface area contributed by atoms with Crippen molar-refractivity contribution in [1.29, 1.82) is 0 Å². The van der Waals surface area contributed by atoms with E-state index < -0.39 is 0 Å². The number of hydrogen-bond acceptors (Lipinski definition) is 3. The third-order valence-corrected chi connectivity index (χ3v) is 2.94. The van der Waals surface area contributed by atoms with Gasteiger partial charge in [-0.05, 0) is 5.56 Å². The molecule has 3 rings (SSSR count). The predicted molar refractivity (Wildman–Crippen MR) is 68.0 cm³/mol. The lowest BCUT2D eigenvalue weighted by Crippen LogP contribution is -2.06. The monoisotopic (exact) mass is 264 g/mol. The first kappa shape index (κ1) is 11.6. The Morgan fingerprint density at radius 2 is 2.17 bits per heavy atom. The molecule has 0 saturated carbocycles. The van der Waals surface area contributed by atoms with E-state index in [-0.39, 0.29) is 6.10 Å². The van der Waals surface area contributed by atoms with Gasteiger partial charge in [-0.1, -0.05) is 41.9 Å². The standard InChI is InChI=1S/C13H13ClN2O2/c14-12-7-16(6-10-4-2-1-3-5-10)15-13(12)18-9-11-8-17-11/h1-5,7,11H,6,8-9H2. The van der Waals surface area contributed by atoms with Crippen LogP contribution in [0.3, 0.4) is 0 Å². The van der Waals surface area contributed by atoms with Crippen LogP contribution >= 0.6 is 11.6 Å². The van der Waals surface area contributed by atoms with Crippen molar-refractivity contribution in [1.82, 2.24) is 9.78 Å². The molecule has 0 spiro atoms. The van der Waals surface area contributed by atoms with Crippen LogP contribution in [0.1, 0.15) is 5.56 Å². The van der Waals surface area contributed by atoms with E-state index in [0.717, 1.165) is 6.61 Å². The predicted octanol–water partition coefficient (Wildman–Crippen LogP) is 2.36. The number of nitrogens with zero attached hydrogens (tertiary/aromatic N) is 2. The van der Waals surface area contributed by atoms with Crippen LogP contribution in [0.15, 0.2) is 36.5 Å². The molecule has 1 fully saturated rings. The van der Waals surface area contributed by atoms with Crippen LogP contribution in [0.25, 0.3) is 0 Å². The fraction of sp³-hybridized carbons (Fsp3) is 0.308. The van der Waals surface area contributed by atoms with Crippen LogP contribution in [0.5, 0.6) is 5.88 Å². The Labute approximate surface area is 110 Å². The van der Waals surface area contributed by atoms with Gasteiger partial charge in [0.1, 0.15) is 17.7 Å². The Morgan fingerprint density at radius 3 is 2.89 bits per heavy atom. The minimum Gasteiger partial charge on any atom is -0.473 e. The number of rotatable bonds is 5. The summed E-state index contributed by atoms with van der Waals surface area (Å²) in [5.41, 5.74) is 1.17. The topological polar surface area (TPSA) is 39.6 Å². The van der Waals surface area contributed by atoms with Crippen molar-refractivity contribution >= 4 is 11.6 Å². The molecule has 4 nitrogen and oxygen atoms in total. The van der Waals surface area contributed by atoms with E-state index in [0.29, 0.717) is 24.1 Å². The number of ether oxygens (including phenoxy) is 2. The highest BCUT2D eigenvalue weighted by Gasteiger charge is 2.24. The van der Waals surface area contributed by atoms with Gasteiger partial charge in [-0.15, -0.1) is 5.10 Å². The van der Waals surface area contributed by atoms with Gasteiger partial charge >= 0.3 is 0 Å². The van der Waals surface area contributed by atoms with Gasteiger partial charge < -0.3 is 9.47 Å². The smallest absolute Gasteiger partial charge is 0.251 e. The first-order chi connectivity index (χ1) is 8.81. The second-order valence-corrected chi connectivity index (χ2v) is 4.64. The normalized spacial score (nSPS) is 17.7. The Hall–Kier alpha value is -1.52. The Morgan fingerprint density at radius 1 is 1.39 bits per heavy atom. The van der Waals surface area contributed by atoms with Crippen molar-refractivity contribution < 1.29 is 9.47 Å². The highest BCUT2D eigenvalue weighted by Crippen LogP contribution is 2.23.